The molecule has 0 saturated carbocycles. The van der Waals surface area contributed by atoms with Crippen LogP contribution < -0.4 is 16.0 Å². The maximum atomic E-state index is 12.4. The van der Waals surface area contributed by atoms with Crippen LogP contribution in [0.5, 0.6) is 0 Å². The van der Waals surface area contributed by atoms with Gasteiger partial charge in [0.05, 0.1) is 0 Å². The number of nitrogens with zero attached hydrogens (tertiary/aromatic N) is 4. The summed E-state index contributed by atoms with van der Waals surface area (Å²) < 4.78 is 0. The van der Waals surface area contributed by atoms with E-state index in [1.54, 1.807) is 11.0 Å². The number of piperidine rings is 2. The standard InChI is InChI=1S/C15H22N6O/c16-10-2-1-5-20(7-10)15(22)13-3-4-14(19-18-13)21-8-11-6-12(9-21)17-11/h3-4,10-12,17H,1-2,5-9,16H2. The maximum absolute atomic E-state index is 12.4. The van der Waals surface area contributed by atoms with E-state index in [1.165, 1.54) is 6.42 Å². The summed E-state index contributed by atoms with van der Waals surface area (Å²) in [5.41, 5.74) is 6.35. The van der Waals surface area contributed by atoms with Gasteiger partial charge < -0.3 is 20.9 Å². The third-order valence-electron chi connectivity index (χ3n) is 4.86. The van der Waals surface area contributed by atoms with Gasteiger partial charge in [0.2, 0.25) is 0 Å². The highest BCUT2D eigenvalue weighted by Crippen LogP contribution is 2.24. The molecule has 3 unspecified atom stereocenters. The van der Waals surface area contributed by atoms with E-state index in [9.17, 15) is 4.79 Å². The molecule has 3 atom stereocenters. The zero-order chi connectivity index (χ0) is 15.1. The fourth-order valence-electron chi connectivity index (χ4n) is 3.66. The molecule has 7 nitrogen and oxygen atoms in total. The van der Waals surface area contributed by atoms with E-state index >= 15 is 0 Å². The number of hydrogen-bond donors (Lipinski definition) is 2. The van der Waals surface area contributed by atoms with Crippen LogP contribution in [-0.2, 0) is 0 Å². The predicted molar refractivity (Wildman–Crippen MR) is 82.7 cm³/mol. The van der Waals surface area contributed by atoms with Crippen molar-refractivity contribution in [1.82, 2.24) is 20.4 Å². The van der Waals surface area contributed by atoms with Crippen LogP contribution in [0, 0.1) is 0 Å². The van der Waals surface area contributed by atoms with Gasteiger partial charge in [0.15, 0.2) is 11.5 Å². The molecule has 0 spiro atoms. The molecule has 3 N–H and O–H groups in total. The molecule has 5 rings (SSSR count). The summed E-state index contributed by atoms with van der Waals surface area (Å²) in [6.45, 7) is 3.32. The van der Waals surface area contributed by atoms with Crippen molar-refractivity contribution in [2.45, 2.75) is 37.4 Å². The lowest BCUT2D eigenvalue weighted by Gasteiger charge is -2.48. The molecule has 22 heavy (non-hydrogen) atoms. The highest BCUT2D eigenvalue weighted by Gasteiger charge is 2.37. The summed E-state index contributed by atoms with van der Waals surface area (Å²) in [6.07, 6.45) is 3.21. The molecule has 4 aliphatic rings. The average molecular weight is 302 g/mol. The van der Waals surface area contributed by atoms with E-state index in [-0.39, 0.29) is 11.9 Å². The monoisotopic (exact) mass is 302 g/mol. The van der Waals surface area contributed by atoms with Gasteiger partial charge in [0.1, 0.15) is 0 Å². The summed E-state index contributed by atoms with van der Waals surface area (Å²) in [5, 5.41) is 11.9. The summed E-state index contributed by atoms with van der Waals surface area (Å²) in [5.74, 6) is 0.806. The molecule has 1 aromatic rings. The molecule has 0 radical (unpaired) electrons. The number of fused-ring (bicyclic) bond motifs is 2. The topological polar surface area (TPSA) is 87.4 Å². The Morgan fingerprint density at radius 2 is 2.00 bits per heavy atom. The molecule has 1 aromatic heterocycles. The van der Waals surface area contributed by atoms with E-state index in [0.29, 0.717) is 24.3 Å². The third-order valence-corrected chi connectivity index (χ3v) is 4.86. The zero-order valence-electron chi connectivity index (χ0n) is 12.6. The van der Waals surface area contributed by atoms with Crippen LogP contribution >= 0.6 is 0 Å². The zero-order valence-corrected chi connectivity index (χ0v) is 12.6. The second-order valence-electron chi connectivity index (χ2n) is 6.63. The minimum absolute atomic E-state index is 0.0580. The molecule has 4 saturated heterocycles. The molecular weight excluding hydrogens is 280 g/mol. The minimum Gasteiger partial charge on any atom is -0.352 e. The van der Waals surface area contributed by atoms with Crippen LogP contribution in [0.15, 0.2) is 12.1 Å². The van der Waals surface area contributed by atoms with Crippen LogP contribution in [0.3, 0.4) is 0 Å². The van der Waals surface area contributed by atoms with Crippen molar-refractivity contribution < 1.29 is 4.79 Å². The number of carbonyl (C=O) groups is 1. The Morgan fingerprint density at radius 3 is 2.64 bits per heavy atom. The Kier molecular flexibility index (Phi) is 3.46. The molecule has 2 bridgehead atoms. The van der Waals surface area contributed by atoms with Crippen molar-refractivity contribution >= 4 is 11.7 Å². The normalized spacial score (nSPS) is 30.9. The molecule has 5 heterocycles. The van der Waals surface area contributed by atoms with Gasteiger partial charge in [-0.1, -0.05) is 0 Å². The molecule has 0 aliphatic carbocycles. The number of rotatable bonds is 2. The fraction of sp³-hybridized carbons (Fsp3) is 0.667. The lowest BCUT2D eigenvalue weighted by atomic mass is 9.91. The van der Waals surface area contributed by atoms with Gasteiger partial charge in [0.25, 0.3) is 5.91 Å². The predicted octanol–water partition coefficient (Wildman–Crippen LogP) is -0.410. The lowest BCUT2D eigenvalue weighted by Crippen LogP contribution is -2.67. The number of amides is 1. The Hall–Kier alpha value is -1.73. The van der Waals surface area contributed by atoms with E-state index in [0.717, 1.165) is 38.3 Å². The fourth-order valence-corrected chi connectivity index (χ4v) is 3.66. The second-order valence-corrected chi connectivity index (χ2v) is 6.63. The summed E-state index contributed by atoms with van der Waals surface area (Å²) >= 11 is 0. The molecule has 1 amide bonds. The Bertz CT molecular complexity index is 546. The van der Waals surface area contributed by atoms with Gasteiger partial charge in [-0.05, 0) is 31.4 Å². The number of hydrogen-bond acceptors (Lipinski definition) is 6. The smallest absolute Gasteiger partial charge is 0.274 e. The highest BCUT2D eigenvalue weighted by atomic mass is 16.2. The van der Waals surface area contributed by atoms with E-state index < -0.39 is 0 Å². The average Bonchev–Trinajstić information content (AvgIpc) is 2.54. The van der Waals surface area contributed by atoms with Gasteiger partial charge in [-0.3, -0.25) is 4.79 Å². The van der Waals surface area contributed by atoms with Crippen molar-refractivity contribution in [3.8, 4) is 0 Å². The van der Waals surface area contributed by atoms with Crippen LogP contribution in [0.1, 0.15) is 29.8 Å². The Morgan fingerprint density at radius 1 is 1.23 bits per heavy atom. The first-order valence-corrected chi connectivity index (χ1v) is 8.08. The number of likely N-dealkylation sites (tertiary alicyclic amines) is 1. The van der Waals surface area contributed by atoms with Gasteiger partial charge in [-0.25, -0.2) is 0 Å². The van der Waals surface area contributed by atoms with Crippen molar-refractivity contribution in [2.75, 3.05) is 31.1 Å². The largest absolute Gasteiger partial charge is 0.352 e. The minimum atomic E-state index is -0.0580. The number of carbonyl (C=O) groups excluding carboxylic acids is 1. The SMILES string of the molecule is NC1CCCN(C(=O)c2ccc(N3CC4CC(C3)N4)nn2)C1. The molecule has 118 valence electrons. The molecular formula is C15H22N6O. The van der Waals surface area contributed by atoms with Crippen LogP contribution in [0.25, 0.3) is 0 Å². The number of piperazine rings is 1. The van der Waals surface area contributed by atoms with Crippen LogP contribution in [0.4, 0.5) is 5.82 Å². The highest BCUT2D eigenvalue weighted by molar-refractivity contribution is 5.92. The number of nitrogens with one attached hydrogen (secondary N) is 1. The third kappa shape index (κ3) is 2.55. The quantitative estimate of drug-likeness (QED) is 0.772. The van der Waals surface area contributed by atoms with E-state index in [1.807, 2.05) is 6.07 Å². The summed E-state index contributed by atoms with van der Waals surface area (Å²) in [7, 11) is 0. The molecule has 7 heteroatoms. The van der Waals surface area contributed by atoms with Crippen molar-refractivity contribution in [1.29, 1.82) is 0 Å². The Labute approximate surface area is 129 Å². The first-order valence-electron chi connectivity index (χ1n) is 8.08. The van der Waals surface area contributed by atoms with Gasteiger partial charge in [-0.2, -0.15) is 0 Å². The maximum Gasteiger partial charge on any atom is 0.274 e. The lowest BCUT2D eigenvalue weighted by molar-refractivity contribution is 0.0701. The number of nitrogens with two attached hydrogens (primary N) is 1. The number of anilines is 1. The first kappa shape index (κ1) is 13.9. The number of aromatic nitrogens is 2. The summed E-state index contributed by atoms with van der Waals surface area (Å²) in [6, 6.07) is 4.94. The first-order chi connectivity index (χ1) is 10.7. The van der Waals surface area contributed by atoms with Gasteiger partial charge in [-0.15, -0.1) is 10.2 Å². The Balaban J connectivity index is 1.43. The van der Waals surface area contributed by atoms with Crippen LogP contribution in [0.2, 0.25) is 0 Å². The van der Waals surface area contributed by atoms with Crippen LogP contribution in [-0.4, -0.2) is 65.3 Å². The van der Waals surface area contributed by atoms with Crippen molar-refractivity contribution in [3.05, 3.63) is 17.8 Å². The molecule has 4 fully saturated rings. The summed E-state index contributed by atoms with van der Waals surface area (Å²) in [4.78, 5) is 16.5. The van der Waals surface area contributed by atoms with Crippen molar-refractivity contribution in [3.63, 3.8) is 0 Å². The molecule has 0 aromatic carbocycles. The van der Waals surface area contributed by atoms with Crippen molar-refractivity contribution in [2.24, 2.45) is 5.73 Å². The molecule has 4 aliphatic heterocycles. The van der Waals surface area contributed by atoms with E-state index in [2.05, 4.69) is 20.4 Å². The second kappa shape index (κ2) is 5.48. The van der Waals surface area contributed by atoms with Gasteiger partial charge >= 0.3 is 0 Å². The van der Waals surface area contributed by atoms with Gasteiger partial charge in [0, 0.05) is 44.3 Å². The van der Waals surface area contributed by atoms with E-state index in [4.69, 9.17) is 5.73 Å².